The minimum absolute atomic E-state index is 0.128. The largest absolute Gasteiger partial charge is 0.513 e. The van der Waals surface area contributed by atoms with Gasteiger partial charge in [-0.05, 0) is 28.6 Å². The number of rotatable bonds is 6. The first-order valence-electron chi connectivity index (χ1n) is 10.3. The molecule has 34 heavy (non-hydrogen) atoms. The Morgan fingerprint density at radius 2 is 2.06 bits per heavy atom. The van der Waals surface area contributed by atoms with E-state index in [9.17, 15) is 14.7 Å². The Morgan fingerprint density at radius 3 is 2.76 bits per heavy atom. The van der Waals surface area contributed by atoms with Crippen molar-refractivity contribution in [3.63, 3.8) is 0 Å². The van der Waals surface area contributed by atoms with Crippen molar-refractivity contribution in [2.45, 2.75) is 6.04 Å². The van der Waals surface area contributed by atoms with E-state index < -0.39 is 22.7 Å². The van der Waals surface area contributed by atoms with Crippen molar-refractivity contribution in [3.05, 3.63) is 65.9 Å². The molecular weight excluding hydrogens is 458 g/mol. The SMILES string of the molecule is COC(=O)Oc1cnc2ccc(/C=S3/CC(=O)NC3=N[C@@H](CO)c3ccccc3)cc2c1OC. The molecule has 1 unspecified atom stereocenters. The number of amides is 1. The van der Waals surface area contributed by atoms with E-state index in [-0.39, 0.29) is 24.0 Å². The number of amidine groups is 1. The van der Waals surface area contributed by atoms with Gasteiger partial charge >= 0.3 is 6.16 Å². The van der Waals surface area contributed by atoms with Crippen LogP contribution in [0.25, 0.3) is 10.9 Å². The van der Waals surface area contributed by atoms with E-state index in [2.05, 4.69) is 20.0 Å². The maximum Gasteiger partial charge on any atom is 0.513 e. The zero-order valence-corrected chi connectivity index (χ0v) is 19.4. The minimum Gasteiger partial charge on any atom is -0.492 e. The highest BCUT2D eigenvalue weighted by atomic mass is 32.2. The van der Waals surface area contributed by atoms with Gasteiger partial charge in [0.15, 0.2) is 16.7 Å². The number of carbonyl (C=O) groups excluding carboxylic acids is 2. The van der Waals surface area contributed by atoms with Crippen molar-refractivity contribution in [3.8, 4) is 11.5 Å². The summed E-state index contributed by atoms with van der Waals surface area (Å²) >= 11 is 0. The van der Waals surface area contributed by atoms with Crippen molar-refractivity contribution in [1.82, 2.24) is 10.3 Å². The van der Waals surface area contributed by atoms with Gasteiger partial charge in [-0.15, -0.1) is 10.5 Å². The topological polar surface area (TPSA) is 119 Å². The fourth-order valence-electron chi connectivity index (χ4n) is 3.49. The lowest BCUT2D eigenvalue weighted by molar-refractivity contribution is -0.116. The third-order valence-electron chi connectivity index (χ3n) is 5.06. The number of carbonyl (C=O) groups is 2. The van der Waals surface area contributed by atoms with Crippen LogP contribution in [0.4, 0.5) is 4.79 Å². The van der Waals surface area contributed by atoms with Crippen LogP contribution in [0.1, 0.15) is 17.2 Å². The van der Waals surface area contributed by atoms with E-state index >= 15 is 0 Å². The number of benzene rings is 2. The number of aliphatic hydroxyl groups is 1. The standard InChI is InChI=1S/C24H23N3O6S/c1-31-22-17-10-15(8-9-18(17)25-11-20(22)33-24(30)32-2)13-34-14-21(29)27-23(34)26-19(12-28)16-6-4-3-5-7-16/h3-11,13,19,28H,12,14H2,1-2H3,(H,26,27,29)/t19-,34?/m0/s1. The Kier molecular flexibility index (Phi) is 7.19. The second kappa shape index (κ2) is 10.4. The minimum atomic E-state index is -0.878. The molecule has 0 spiro atoms. The van der Waals surface area contributed by atoms with Gasteiger partial charge in [0.1, 0.15) is 6.04 Å². The molecule has 0 radical (unpaired) electrons. The Bertz CT molecular complexity index is 1290. The molecular formula is C24H23N3O6S. The molecule has 9 nitrogen and oxygen atoms in total. The van der Waals surface area contributed by atoms with Gasteiger partial charge in [0.25, 0.3) is 0 Å². The monoisotopic (exact) mass is 481 g/mol. The van der Waals surface area contributed by atoms with Crippen LogP contribution in [-0.4, -0.2) is 59.3 Å². The summed E-state index contributed by atoms with van der Waals surface area (Å²) in [5, 5.41) is 15.8. The number of aromatic nitrogens is 1. The molecule has 10 heteroatoms. The Hall–Kier alpha value is -3.76. The molecule has 3 aromatic rings. The summed E-state index contributed by atoms with van der Waals surface area (Å²) in [6, 6.07) is 14.5. The van der Waals surface area contributed by atoms with Gasteiger partial charge in [0.05, 0.1) is 38.3 Å². The molecule has 0 bridgehead atoms. The van der Waals surface area contributed by atoms with E-state index in [0.717, 1.165) is 11.1 Å². The number of pyridine rings is 1. The number of nitrogens with zero attached hydrogens (tertiary/aromatic N) is 2. The number of methoxy groups -OCH3 is 2. The fourth-order valence-corrected chi connectivity index (χ4v) is 5.15. The maximum atomic E-state index is 12.2. The highest BCUT2D eigenvalue weighted by Crippen LogP contribution is 2.35. The number of ether oxygens (including phenoxy) is 3. The number of fused-ring (bicyclic) bond motifs is 1. The van der Waals surface area contributed by atoms with Crippen LogP contribution in [-0.2, 0) is 9.53 Å². The first kappa shape index (κ1) is 23.4. The first-order chi connectivity index (χ1) is 16.5. The van der Waals surface area contributed by atoms with Gasteiger partial charge in [0.2, 0.25) is 5.91 Å². The van der Waals surface area contributed by atoms with E-state index in [4.69, 9.17) is 9.47 Å². The normalized spacial score (nSPS) is 17.6. The number of hydrogen-bond acceptors (Lipinski definition) is 8. The molecule has 1 aliphatic rings. The summed E-state index contributed by atoms with van der Waals surface area (Å²) in [6.07, 6.45) is 0.517. The molecule has 2 atom stereocenters. The Balaban J connectivity index is 1.72. The van der Waals surface area contributed by atoms with Gasteiger partial charge in [-0.3, -0.25) is 14.8 Å². The van der Waals surface area contributed by atoms with E-state index in [0.29, 0.717) is 21.8 Å². The van der Waals surface area contributed by atoms with Crippen molar-refractivity contribution in [1.29, 1.82) is 0 Å². The molecule has 0 saturated carbocycles. The molecule has 1 aliphatic heterocycles. The van der Waals surface area contributed by atoms with Crippen LogP contribution in [0, 0.1) is 0 Å². The molecule has 4 rings (SSSR count). The smallest absolute Gasteiger partial charge is 0.492 e. The first-order valence-corrected chi connectivity index (χ1v) is 11.8. The molecule has 176 valence electrons. The summed E-state index contributed by atoms with van der Waals surface area (Å²) < 4.78 is 15.2. The molecule has 1 fully saturated rings. The van der Waals surface area contributed by atoms with Crippen LogP contribution in [0.5, 0.6) is 11.5 Å². The van der Waals surface area contributed by atoms with Gasteiger partial charge < -0.3 is 24.6 Å². The lowest BCUT2D eigenvalue weighted by Crippen LogP contribution is -2.21. The Labute approximate surface area is 198 Å². The Morgan fingerprint density at radius 1 is 1.26 bits per heavy atom. The van der Waals surface area contributed by atoms with E-state index in [1.807, 2.05) is 53.9 Å². The number of aliphatic hydroxyl groups excluding tert-OH is 1. The molecule has 0 aliphatic carbocycles. The highest BCUT2D eigenvalue weighted by Gasteiger charge is 2.23. The van der Waals surface area contributed by atoms with Crippen LogP contribution in [0.3, 0.4) is 0 Å². The zero-order valence-electron chi connectivity index (χ0n) is 18.6. The van der Waals surface area contributed by atoms with E-state index in [1.165, 1.54) is 20.4 Å². The molecule has 1 aromatic heterocycles. The van der Waals surface area contributed by atoms with Gasteiger partial charge in [0, 0.05) is 5.39 Å². The van der Waals surface area contributed by atoms with Crippen LogP contribution >= 0.6 is 10.5 Å². The van der Waals surface area contributed by atoms with Crippen molar-refractivity contribution in [2.24, 2.45) is 4.99 Å². The lowest BCUT2D eigenvalue weighted by atomic mass is 10.1. The quantitative estimate of drug-likeness (QED) is 0.410. The molecule has 1 saturated heterocycles. The predicted molar refractivity (Wildman–Crippen MR) is 131 cm³/mol. The molecule has 2 heterocycles. The average Bonchev–Trinajstić information content (AvgIpc) is 3.20. The summed E-state index contributed by atoms with van der Waals surface area (Å²) in [5.41, 5.74) is 2.32. The summed E-state index contributed by atoms with van der Waals surface area (Å²) in [4.78, 5) is 32.7. The third-order valence-corrected chi connectivity index (χ3v) is 6.90. The van der Waals surface area contributed by atoms with Crippen LogP contribution in [0.15, 0.2) is 59.7 Å². The summed E-state index contributed by atoms with van der Waals surface area (Å²) in [5.74, 6) is 0.616. The predicted octanol–water partition coefficient (Wildman–Crippen LogP) is 3.03. The second-order valence-electron chi connectivity index (χ2n) is 7.27. The van der Waals surface area contributed by atoms with Crippen LogP contribution < -0.4 is 14.8 Å². The van der Waals surface area contributed by atoms with Crippen molar-refractivity contribution >= 4 is 44.0 Å². The summed E-state index contributed by atoms with van der Waals surface area (Å²) in [7, 11) is 2.06. The molecule has 2 N–H and O–H groups in total. The zero-order chi connectivity index (χ0) is 24.1. The van der Waals surface area contributed by atoms with E-state index in [1.54, 1.807) is 0 Å². The summed E-state index contributed by atoms with van der Waals surface area (Å²) in [6.45, 7) is -0.178. The van der Waals surface area contributed by atoms with Gasteiger partial charge in [-0.2, -0.15) is 0 Å². The van der Waals surface area contributed by atoms with Gasteiger partial charge in [-0.25, -0.2) is 4.79 Å². The third kappa shape index (κ3) is 5.08. The second-order valence-corrected chi connectivity index (χ2v) is 9.04. The molecule has 2 aromatic carbocycles. The average molecular weight is 482 g/mol. The fraction of sp³-hybridized carbons (Fsp3) is 0.208. The van der Waals surface area contributed by atoms with Crippen molar-refractivity contribution in [2.75, 3.05) is 26.6 Å². The van der Waals surface area contributed by atoms with Gasteiger partial charge in [-0.1, -0.05) is 36.4 Å². The maximum absolute atomic E-state index is 12.2. The lowest BCUT2D eigenvalue weighted by Gasteiger charge is -2.12. The number of aliphatic imine (C=N–C) groups is 1. The molecule has 1 amide bonds. The van der Waals surface area contributed by atoms with Crippen molar-refractivity contribution < 1.29 is 28.9 Å². The highest BCUT2D eigenvalue weighted by molar-refractivity contribution is 8.29. The van der Waals surface area contributed by atoms with Crippen LogP contribution in [0.2, 0.25) is 0 Å². The number of hydrogen-bond donors (Lipinski definition) is 2. The number of nitrogens with one attached hydrogen (secondary N) is 1.